The zero-order valence-corrected chi connectivity index (χ0v) is 15.3. The van der Waals surface area contributed by atoms with E-state index >= 15 is 0 Å². The van der Waals surface area contributed by atoms with Gasteiger partial charge >= 0.3 is 5.69 Å². The highest BCUT2D eigenvalue weighted by Gasteiger charge is 2.28. The largest absolute Gasteiger partial charge is 0.383 e. The maximum absolute atomic E-state index is 11.4. The Morgan fingerprint density at radius 3 is 2.50 bits per heavy atom. The predicted molar refractivity (Wildman–Crippen MR) is 109 cm³/mol. The maximum Gasteiger partial charge on any atom is 0.309 e. The highest BCUT2D eigenvalue weighted by atomic mass is 16.6. The van der Waals surface area contributed by atoms with Gasteiger partial charge in [-0.3, -0.25) is 15.1 Å². The lowest BCUT2D eigenvalue weighted by atomic mass is 10.2. The first-order chi connectivity index (χ1) is 13.7. The Labute approximate surface area is 162 Å². The van der Waals surface area contributed by atoms with Gasteiger partial charge in [-0.25, -0.2) is 0 Å². The summed E-state index contributed by atoms with van der Waals surface area (Å²) in [4.78, 5) is 15.8. The van der Waals surface area contributed by atoms with E-state index in [4.69, 9.17) is 4.99 Å². The van der Waals surface area contributed by atoms with Crippen LogP contribution in [-0.4, -0.2) is 22.6 Å². The van der Waals surface area contributed by atoms with Crippen molar-refractivity contribution in [3.8, 4) is 0 Å². The summed E-state index contributed by atoms with van der Waals surface area (Å²) >= 11 is 0. The Bertz CT molecular complexity index is 1030. The molecule has 1 aliphatic rings. The van der Waals surface area contributed by atoms with Crippen molar-refractivity contribution in [2.75, 3.05) is 23.7 Å². The van der Waals surface area contributed by atoms with Gasteiger partial charge in [-0.15, -0.1) is 0 Å². The summed E-state index contributed by atoms with van der Waals surface area (Å²) < 4.78 is 1.94. The molecule has 0 saturated heterocycles. The standard InChI is InChI=1S/C21H21N5O2/c27-26(28)19-11-12-20(23-13-16-7-3-1-4-8-16)25-18(15-24-21(19)25)14-22-17-9-5-2-6-10-17/h1-12,18,22,24H,13-15H2. The summed E-state index contributed by atoms with van der Waals surface area (Å²) in [5, 5.41) is 18.0. The van der Waals surface area contributed by atoms with Crippen molar-refractivity contribution in [1.82, 2.24) is 4.57 Å². The summed E-state index contributed by atoms with van der Waals surface area (Å²) in [5.74, 6) is 0.513. The second-order valence-electron chi connectivity index (χ2n) is 6.64. The van der Waals surface area contributed by atoms with Gasteiger partial charge < -0.3 is 15.2 Å². The van der Waals surface area contributed by atoms with Crippen LogP contribution in [0.25, 0.3) is 0 Å². The maximum atomic E-state index is 11.4. The average Bonchev–Trinajstić information content (AvgIpc) is 3.16. The Hall–Kier alpha value is -3.61. The summed E-state index contributed by atoms with van der Waals surface area (Å²) in [6.07, 6.45) is 0. The number of nitro groups is 1. The SMILES string of the molecule is O=[N+]([O-])c1ccc(=NCc2ccccc2)n2c1NCC2CNc1ccccc1. The molecule has 2 aromatic carbocycles. The fraction of sp³-hybridized carbons (Fsp3) is 0.190. The topological polar surface area (TPSA) is 84.5 Å². The smallest absolute Gasteiger partial charge is 0.309 e. The number of hydrogen-bond donors (Lipinski definition) is 2. The first kappa shape index (κ1) is 17.8. The van der Waals surface area contributed by atoms with Crippen molar-refractivity contribution in [2.45, 2.75) is 12.6 Å². The molecule has 0 saturated carbocycles. The molecule has 3 aromatic rings. The van der Waals surface area contributed by atoms with Gasteiger partial charge in [0.2, 0.25) is 0 Å². The van der Waals surface area contributed by atoms with Crippen molar-refractivity contribution in [3.05, 3.63) is 94.0 Å². The number of nitrogens with one attached hydrogen (secondary N) is 2. The van der Waals surface area contributed by atoms with Crippen LogP contribution in [0.3, 0.4) is 0 Å². The monoisotopic (exact) mass is 375 g/mol. The molecule has 0 radical (unpaired) electrons. The van der Waals surface area contributed by atoms with Crippen molar-refractivity contribution >= 4 is 17.2 Å². The zero-order chi connectivity index (χ0) is 19.3. The third-order valence-corrected chi connectivity index (χ3v) is 4.77. The summed E-state index contributed by atoms with van der Waals surface area (Å²) in [6.45, 7) is 1.78. The number of nitrogens with zero attached hydrogens (tertiary/aromatic N) is 3. The minimum Gasteiger partial charge on any atom is -0.383 e. The van der Waals surface area contributed by atoms with E-state index in [0.29, 0.717) is 25.5 Å². The molecule has 4 rings (SSSR count). The highest BCUT2D eigenvalue weighted by molar-refractivity contribution is 5.59. The molecule has 28 heavy (non-hydrogen) atoms. The summed E-state index contributed by atoms with van der Waals surface area (Å²) in [7, 11) is 0. The molecule has 1 unspecified atom stereocenters. The van der Waals surface area contributed by atoms with Gasteiger partial charge in [0.05, 0.1) is 17.5 Å². The molecule has 0 amide bonds. The van der Waals surface area contributed by atoms with Crippen LogP contribution >= 0.6 is 0 Å². The number of anilines is 2. The molecule has 1 aromatic heterocycles. The quantitative estimate of drug-likeness (QED) is 0.509. The van der Waals surface area contributed by atoms with Crippen molar-refractivity contribution < 1.29 is 4.92 Å². The first-order valence-electron chi connectivity index (χ1n) is 9.19. The predicted octanol–water partition coefficient (Wildman–Crippen LogP) is 3.58. The van der Waals surface area contributed by atoms with Crippen LogP contribution in [0, 0.1) is 10.1 Å². The number of benzene rings is 2. The summed E-state index contributed by atoms with van der Waals surface area (Å²) in [6, 6.07) is 23.2. The van der Waals surface area contributed by atoms with E-state index in [9.17, 15) is 10.1 Å². The molecule has 0 bridgehead atoms. The number of pyridine rings is 1. The molecule has 0 aliphatic carbocycles. The van der Waals surface area contributed by atoms with Gasteiger partial charge in [0.1, 0.15) is 5.49 Å². The number of hydrogen-bond acceptors (Lipinski definition) is 5. The number of fused-ring (bicyclic) bond motifs is 1. The molecule has 1 atom stereocenters. The van der Waals surface area contributed by atoms with Gasteiger partial charge in [-0.05, 0) is 23.8 Å². The highest BCUT2D eigenvalue weighted by Crippen LogP contribution is 2.30. The Balaban J connectivity index is 1.66. The molecular formula is C21H21N5O2. The van der Waals surface area contributed by atoms with Crippen molar-refractivity contribution in [1.29, 1.82) is 0 Å². The van der Waals surface area contributed by atoms with Gasteiger partial charge in [-0.1, -0.05) is 48.5 Å². The van der Waals surface area contributed by atoms with E-state index < -0.39 is 0 Å². The molecule has 0 spiro atoms. The zero-order valence-electron chi connectivity index (χ0n) is 15.3. The number of aromatic nitrogens is 1. The van der Waals surface area contributed by atoms with E-state index in [2.05, 4.69) is 10.6 Å². The lowest BCUT2D eigenvalue weighted by Crippen LogP contribution is -2.28. The van der Waals surface area contributed by atoms with E-state index in [1.54, 1.807) is 6.07 Å². The third kappa shape index (κ3) is 3.73. The molecule has 7 heteroatoms. The van der Waals surface area contributed by atoms with Crippen LogP contribution in [0.1, 0.15) is 11.6 Å². The van der Waals surface area contributed by atoms with Crippen LogP contribution < -0.4 is 16.1 Å². The molecular weight excluding hydrogens is 354 g/mol. The van der Waals surface area contributed by atoms with Crippen molar-refractivity contribution in [2.24, 2.45) is 4.99 Å². The molecule has 1 aliphatic heterocycles. The van der Waals surface area contributed by atoms with Gasteiger partial charge in [0, 0.05) is 24.8 Å². The van der Waals surface area contributed by atoms with Crippen LogP contribution in [-0.2, 0) is 6.54 Å². The molecule has 2 heterocycles. The lowest BCUT2D eigenvalue weighted by molar-refractivity contribution is -0.384. The fourth-order valence-electron chi connectivity index (χ4n) is 3.39. The summed E-state index contributed by atoms with van der Waals surface area (Å²) in [5.41, 5.74) is 2.92. The average molecular weight is 375 g/mol. The minimum atomic E-state index is -0.354. The second kappa shape index (κ2) is 7.96. The van der Waals surface area contributed by atoms with Crippen LogP contribution in [0.5, 0.6) is 0 Å². The van der Waals surface area contributed by atoms with E-state index in [-0.39, 0.29) is 16.7 Å². The van der Waals surface area contributed by atoms with Crippen molar-refractivity contribution in [3.63, 3.8) is 0 Å². The van der Waals surface area contributed by atoms with E-state index in [1.807, 2.05) is 65.2 Å². The normalized spacial score (nSPS) is 15.7. The lowest BCUT2D eigenvalue weighted by Gasteiger charge is -2.16. The second-order valence-corrected chi connectivity index (χ2v) is 6.64. The first-order valence-corrected chi connectivity index (χ1v) is 9.19. The molecule has 2 N–H and O–H groups in total. The van der Waals surface area contributed by atoms with Crippen LogP contribution in [0.15, 0.2) is 77.8 Å². The van der Waals surface area contributed by atoms with Crippen LogP contribution in [0.2, 0.25) is 0 Å². The van der Waals surface area contributed by atoms with E-state index in [0.717, 1.165) is 16.7 Å². The Kier molecular flexibility index (Phi) is 5.05. The number of rotatable bonds is 6. The molecule has 142 valence electrons. The molecule has 0 fully saturated rings. The van der Waals surface area contributed by atoms with Gasteiger partial charge in [0.15, 0.2) is 5.82 Å². The Morgan fingerprint density at radius 2 is 1.79 bits per heavy atom. The third-order valence-electron chi connectivity index (χ3n) is 4.77. The number of para-hydroxylation sites is 1. The minimum absolute atomic E-state index is 0.0182. The van der Waals surface area contributed by atoms with Gasteiger partial charge in [-0.2, -0.15) is 0 Å². The van der Waals surface area contributed by atoms with E-state index in [1.165, 1.54) is 6.07 Å². The van der Waals surface area contributed by atoms with Crippen LogP contribution in [0.4, 0.5) is 17.2 Å². The Morgan fingerprint density at radius 1 is 1.07 bits per heavy atom. The fourth-order valence-corrected chi connectivity index (χ4v) is 3.39. The molecule has 7 nitrogen and oxygen atoms in total. The van der Waals surface area contributed by atoms with Gasteiger partial charge in [0.25, 0.3) is 0 Å².